The van der Waals surface area contributed by atoms with Crippen molar-refractivity contribution in [1.29, 1.82) is 0 Å². The van der Waals surface area contributed by atoms with Crippen molar-refractivity contribution in [3.63, 3.8) is 0 Å². The molecule has 3 aliphatic rings. The molecular formula is C21H28N2O4. The lowest BCUT2D eigenvalue weighted by atomic mass is 9.76. The lowest BCUT2D eigenvalue weighted by Gasteiger charge is -2.35. The van der Waals surface area contributed by atoms with Gasteiger partial charge < -0.3 is 14.4 Å². The number of benzene rings is 1. The van der Waals surface area contributed by atoms with Crippen LogP contribution in [0.4, 0.5) is 0 Å². The van der Waals surface area contributed by atoms with Gasteiger partial charge in [-0.3, -0.25) is 14.5 Å². The second kappa shape index (κ2) is 6.31. The van der Waals surface area contributed by atoms with E-state index in [1.165, 1.54) is 12.7 Å². The molecule has 3 aliphatic heterocycles. The quantitative estimate of drug-likeness (QED) is 0.597. The van der Waals surface area contributed by atoms with Gasteiger partial charge in [-0.2, -0.15) is 0 Å². The zero-order valence-electron chi connectivity index (χ0n) is 16.5. The van der Waals surface area contributed by atoms with Crippen molar-refractivity contribution in [2.45, 2.75) is 39.1 Å². The van der Waals surface area contributed by atoms with Crippen LogP contribution in [0.1, 0.15) is 26.3 Å². The molecular weight excluding hydrogens is 344 g/mol. The highest BCUT2D eigenvalue weighted by atomic mass is 16.5. The SMILES string of the molecule is COC(=O)[C@@]12CN(Cc3ccccc3)C[C@@H]1[C@@]1(C)OC[C@H](C(C)C)N1C2=O. The lowest BCUT2D eigenvalue weighted by Crippen LogP contribution is -2.50. The molecule has 1 aromatic rings. The van der Waals surface area contributed by atoms with E-state index in [-0.39, 0.29) is 23.8 Å². The Morgan fingerprint density at radius 2 is 2.04 bits per heavy atom. The number of carbonyl (C=O) groups excluding carboxylic acids is 2. The summed E-state index contributed by atoms with van der Waals surface area (Å²) in [7, 11) is 1.37. The maximum absolute atomic E-state index is 13.6. The molecule has 0 spiro atoms. The molecule has 0 aliphatic carbocycles. The van der Waals surface area contributed by atoms with Crippen molar-refractivity contribution in [2.75, 3.05) is 26.8 Å². The summed E-state index contributed by atoms with van der Waals surface area (Å²) >= 11 is 0. The number of nitrogens with zero attached hydrogens (tertiary/aromatic N) is 2. The summed E-state index contributed by atoms with van der Waals surface area (Å²) in [6, 6.07) is 10.1. The number of amides is 1. The molecule has 3 heterocycles. The first-order chi connectivity index (χ1) is 12.8. The van der Waals surface area contributed by atoms with Gasteiger partial charge in [-0.05, 0) is 18.4 Å². The molecule has 4 atom stereocenters. The number of likely N-dealkylation sites (tertiary alicyclic amines) is 1. The van der Waals surface area contributed by atoms with E-state index >= 15 is 0 Å². The molecule has 146 valence electrons. The second-order valence-corrected chi connectivity index (χ2v) is 8.52. The highest BCUT2D eigenvalue weighted by Crippen LogP contribution is 2.57. The van der Waals surface area contributed by atoms with Crippen molar-refractivity contribution < 1.29 is 19.1 Å². The maximum atomic E-state index is 13.6. The van der Waals surface area contributed by atoms with Gasteiger partial charge in [-0.15, -0.1) is 0 Å². The Balaban J connectivity index is 1.70. The van der Waals surface area contributed by atoms with Gasteiger partial charge in [-0.25, -0.2) is 0 Å². The van der Waals surface area contributed by atoms with Crippen molar-refractivity contribution in [1.82, 2.24) is 9.80 Å². The van der Waals surface area contributed by atoms with Crippen LogP contribution < -0.4 is 0 Å². The second-order valence-electron chi connectivity index (χ2n) is 8.52. The fraction of sp³-hybridized carbons (Fsp3) is 0.619. The van der Waals surface area contributed by atoms with Gasteiger partial charge >= 0.3 is 5.97 Å². The standard InChI is InChI=1S/C21H28N2O4/c1-14(2)16-12-27-20(3)17-11-22(10-15-8-6-5-7-9-15)13-21(17,19(25)26-4)18(24)23(16)20/h5-9,14,16-17H,10-13H2,1-4H3/t16-,17-,20-,21+/m1/s1. The van der Waals surface area contributed by atoms with Gasteiger partial charge in [0.25, 0.3) is 0 Å². The molecule has 6 heteroatoms. The third kappa shape index (κ3) is 2.46. The summed E-state index contributed by atoms with van der Waals surface area (Å²) in [4.78, 5) is 30.6. The Bertz CT molecular complexity index is 752. The van der Waals surface area contributed by atoms with Crippen LogP contribution in [0.3, 0.4) is 0 Å². The molecule has 3 fully saturated rings. The Kier molecular flexibility index (Phi) is 4.31. The van der Waals surface area contributed by atoms with E-state index in [4.69, 9.17) is 9.47 Å². The van der Waals surface area contributed by atoms with Gasteiger partial charge in [0, 0.05) is 25.6 Å². The molecule has 0 unspecified atom stereocenters. The number of carbonyl (C=O) groups is 2. The number of hydrogen-bond acceptors (Lipinski definition) is 5. The van der Waals surface area contributed by atoms with E-state index in [0.717, 1.165) is 0 Å². The largest absolute Gasteiger partial charge is 0.468 e. The van der Waals surface area contributed by atoms with E-state index < -0.39 is 17.1 Å². The minimum Gasteiger partial charge on any atom is -0.468 e. The fourth-order valence-electron chi connectivity index (χ4n) is 5.28. The number of rotatable bonds is 4. The first-order valence-corrected chi connectivity index (χ1v) is 9.67. The first-order valence-electron chi connectivity index (χ1n) is 9.67. The van der Waals surface area contributed by atoms with Crippen LogP contribution in [0.25, 0.3) is 0 Å². The number of esters is 1. The molecule has 27 heavy (non-hydrogen) atoms. The zero-order chi connectivity index (χ0) is 19.4. The molecule has 0 radical (unpaired) electrons. The molecule has 0 bridgehead atoms. The van der Waals surface area contributed by atoms with Gasteiger partial charge in [0.2, 0.25) is 5.91 Å². The molecule has 1 amide bonds. The number of fused-ring (bicyclic) bond motifs is 3. The normalized spacial score (nSPS) is 35.6. The topological polar surface area (TPSA) is 59.1 Å². The van der Waals surface area contributed by atoms with Crippen LogP contribution in [-0.4, -0.2) is 60.2 Å². The summed E-state index contributed by atoms with van der Waals surface area (Å²) in [6.45, 7) is 8.38. The summed E-state index contributed by atoms with van der Waals surface area (Å²) in [6.07, 6.45) is 0. The molecule has 0 saturated carbocycles. The average Bonchev–Trinajstić information content (AvgIpc) is 3.25. The monoisotopic (exact) mass is 372 g/mol. The molecule has 0 N–H and O–H groups in total. The van der Waals surface area contributed by atoms with Crippen LogP contribution in [0.5, 0.6) is 0 Å². The van der Waals surface area contributed by atoms with Crippen molar-refractivity contribution in [3.8, 4) is 0 Å². The van der Waals surface area contributed by atoms with Gasteiger partial charge in [0.15, 0.2) is 5.41 Å². The minimum atomic E-state index is -1.17. The lowest BCUT2D eigenvalue weighted by molar-refractivity contribution is -0.160. The van der Waals surface area contributed by atoms with Crippen molar-refractivity contribution >= 4 is 11.9 Å². The molecule has 6 nitrogen and oxygen atoms in total. The first kappa shape index (κ1) is 18.4. The summed E-state index contributed by atoms with van der Waals surface area (Å²) in [5.74, 6) is -0.537. The van der Waals surface area contributed by atoms with Crippen LogP contribution in [0.2, 0.25) is 0 Å². The van der Waals surface area contributed by atoms with E-state index in [1.807, 2.05) is 30.0 Å². The van der Waals surface area contributed by atoms with Crippen molar-refractivity contribution in [3.05, 3.63) is 35.9 Å². The number of methoxy groups -OCH3 is 1. The van der Waals surface area contributed by atoms with Gasteiger partial charge in [0.05, 0.1) is 19.8 Å². The van der Waals surface area contributed by atoms with Crippen LogP contribution in [0.15, 0.2) is 30.3 Å². The highest BCUT2D eigenvalue weighted by Gasteiger charge is 2.75. The van der Waals surface area contributed by atoms with Crippen LogP contribution >= 0.6 is 0 Å². The average molecular weight is 372 g/mol. The van der Waals surface area contributed by atoms with Gasteiger partial charge in [0.1, 0.15) is 5.72 Å². The molecule has 4 rings (SSSR count). The van der Waals surface area contributed by atoms with E-state index in [2.05, 4.69) is 30.9 Å². The third-order valence-electron chi connectivity index (χ3n) is 6.68. The minimum absolute atomic E-state index is 0.00259. The zero-order valence-corrected chi connectivity index (χ0v) is 16.5. The number of hydrogen-bond donors (Lipinski definition) is 0. The molecule has 1 aromatic carbocycles. The summed E-state index contributed by atoms with van der Waals surface area (Å²) < 4.78 is 11.4. The Hall–Kier alpha value is -1.92. The Morgan fingerprint density at radius 3 is 2.67 bits per heavy atom. The summed E-state index contributed by atoms with van der Waals surface area (Å²) in [5, 5.41) is 0. The van der Waals surface area contributed by atoms with E-state index in [1.54, 1.807) is 0 Å². The predicted octanol–water partition coefficient (Wildman–Crippen LogP) is 1.89. The Morgan fingerprint density at radius 1 is 1.33 bits per heavy atom. The maximum Gasteiger partial charge on any atom is 0.323 e. The fourth-order valence-corrected chi connectivity index (χ4v) is 5.28. The van der Waals surface area contributed by atoms with E-state index in [9.17, 15) is 9.59 Å². The Labute approximate surface area is 160 Å². The molecule has 3 saturated heterocycles. The van der Waals surface area contributed by atoms with E-state index in [0.29, 0.717) is 26.2 Å². The highest BCUT2D eigenvalue weighted by molar-refractivity contribution is 6.06. The van der Waals surface area contributed by atoms with Gasteiger partial charge in [-0.1, -0.05) is 44.2 Å². The number of ether oxygens (including phenoxy) is 2. The molecule has 0 aromatic heterocycles. The summed E-state index contributed by atoms with van der Waals surface area (Å²) in [5.41, 5.74) is -0.767. The van der Waals surface area contributed by atoms with Crippen LogP contribution in [0, 0.1) is 17.3 Å². The predicted molar refractivity (Wildman–Crippen MR) is 99.5 cm³/mol. The van der Waals surface area contributed by atoms with Crippen LogP contribution in [-0.2, 0) is 25.6 Å². The third-order valence-corrected chi connectivity index (χ3v) is 6.68. The smallest absolute Gasteiger partial charge is 0.323 e. The van der Waals surface area contributed by atoms with Crippen molar-refractivity contribution in [2.24, 2.45) is 17.3 Å².